The van der Waals surface area contributed by atoms with Crippen molar-refractivity contribution in [2.75, 3.05) is 20.2 Å². The van der Waals surface area contributed by atoms with Gasteiger partial charge >= 0.3 is 6.03 Å². The zero-order valence-electron chi connectivity index (χ0n) is 11.0. The Kier molecular flexibility index (Phi) is 5.69. The minimum absolute atomic E-state index is 0.119. The molecule has 106 valence electrons. The highest BCUT2D eigenvalue weighted by molar-refractivity contribution is 5.74. The summed E-state index contributed by atoms with van der Waals surface area (Å²) in [5.74, 6) is -1.11. The number of carbonyl (C=O) groups is 1. The summed E-state index contributed by atoms with van der Waals surface area (Å²) >= 11 is 0. The van der Waals surface area contributed by atoms with Gasteiger partial charge in [0.2, 0.25) is 0 Å². The highest BCUT2D eigenvalue weighted by atomic mass is 19.1. The molecule has 0 aliphatic rings. The van der Waals surface area contributed by atoms with Crippen molar-refractivity contribution in [2.24, 2.45) is 0 Å². The quantitative estimate of drug-likeness (QED) is 0.862. The average Bonchev–Trinajstić information content (AvgIpc) is 2.39. The fourth-order valence-electron chi connectivity index (χ4n) is 1.69. The lowest BCUT2D eigenvalue weighted by molar-refractivity contribution is 0.186. The summed E-state index contributed by atoms with van der Waals surface area (Å²) in [7, 11) is 1.51. The smallest absolute Gasteiger partial charge is 0.317 e. The van der Waals surface area contributed by atoms with E-state index in [1.54, 1.807) is 6.92 Å². The summed E-state index contributed by atoms with van der Waals surface area (Å²) in [6.07, 6.45) is 0.430. The Morgan fingerprint density at radius 3 is 2.74 bits per heavy atom. The van der Waals surface area contributed by atoms with Gasteiger partial charge in [0.1, 0.15) is 11.6 Å². The number of urea groups is 1. The van der Waals surface area contributed by atoms with Crippen molar-refractivity contribution >= 4 is 6.03 Å². The predicted molar refractivity (Wildman–Crippen MR) is 67.6 cm³/mol. The van der Waals surface area contributed by atoms with Gasteiger partial charge in [-0.25, -0.2) is 13.6 Å². The van der Waals surface area contributed by atoms with Crippen LogP contribution in [0.4, 0.5) is 13.6 Å². The van der Waals surface area contributed by atoms with Crippen molar-refractivity contribution in [2.45, 2.75) is 19.4 Å². The van der Waals surface area contributed by atoms with E-state index >= 15 is 0 Å². The van der Waals surface area contributed by atoms with Crippen molar-refractivity contribution in [1.29, 1.82) is 0 Å². The number of aliphatic hydroxyl groups excluding tert-OH is 1. The van der Waals surface area contributed by atoms with Crippen LogP contribution in [0.25, 0.3) is 0 Å². The van der Waals surface area contributed by atoms with Gasteiger partial charge in [-0.2, -0.15) is 0 Å². The van der Waals surface area contributed by atoms with Gasteiger partial charge < -0.3 is 15.3 Å². The Hall–Kier alpha value is -1.69. The van der Waals surface area contributed by atoms with Gasteiger partial charge in [0.15, 0.2) is 0 Å². The van der Waals surface area contributed by atoms with Gasteiger partial charge in [0, 0.05) is 19.2 Å². The minimum Gasteiger partial charge on any atom is -0.395 e. The van der Waals surface area contributed by atoms with Crippen LogP contribution in [0, 0.1) is 11.6 Å². The topological polar surface area (TPSA) is 52.6 Å². The zero-order valence-corrected chi connectivity index (χ0v) is 11.0. The van der Waals surface area contributed by atoms with Crippen molar-refractivity contribution in [3.63, 3.8) is 0 Å². The van der Waals surface area contributed by atoms with E-state index in [1.165, 1.54) is 11.9 Å². The maximum atomic E-state index is 13.6. The molecule has 0 heterocycles. The van der Waals surface area contributed by atoms with Crippen LogP contribution in [-0.4, -0.2) is 36.2 Å². The second kappa shape index (κ2) is 7.04. The van der Waals surface area contributed by atoms with E-state index in [1.807, 2.05) is 0 Å². The molecule has 0 saturated carbocycles. The predicted octanol–water partition coefficient (Wildman–Crippen LogP) is 2.05. The molecule has 0 spiro atoms. The molecule has 4 nitrogen and oxygen atoms in total. The number of halogens is 2. The highest BCUT2D eigenvalue weighted by Crippen LogP contribution is 2.21. The van der Waals surface area contributed by atoms with E-state index in [9.17, 15) is 13.6 Å². The van der Waals surface area contributed by atoms with Gasteiger partial charge in [0.05, 0.1) is 12.6 Å². The largest absolute Gasteiger partial charge is 0.395 e. The van der Waals surface area contributed by atoms with Gasteiger partial charge in [-0.3, -0.25) is 0 Å². The Balaban J connectivity index is 2.83. The molecule has 0 fully saturated rings. The molecule has 0 aliphatic heterocycles. The zero-order chi connectivity index (χ0) is 14.4. The number of amides is 2. The summed E-state index contributed by atoms with van der Waals surface area (Å²) in [5.41, 5.74) is 0.119. The molecule has 1 unspecified atom stereocenters. The molecule has 1 atom stereocenters. The molecule has 6 heteroatoms. The molecular weight excluding hydrogens is 254 g/mol. The minimum atomic E-state index is -0.607. The Labute approximate surface area is 111 Å². The number of nitrogens with one attached hydrogen (secondary N) is 1. The van der Waals surface area contributed by atoms with Crippen LogP contribution in [-0.2, 0) is 0 Å². The van der Waals surface area contributed by atoms with E-state index in [2.05, 4.69) is 5.32 Å². The van der Waals surface area contributed by atoms with Crippen molar-refractivity contribution < 1.29 is 18.7 Å². The molecule has 0 saturated heterocycles. The van der Waals surface area contributed by atoms with E-state index in [-0.39, 0.29) is 18.7 Å². The third-order valence-corrected chi connectivity index (χ3v) is 2.82. The number of aliphatic hydroxyl groups is 1. The van der Waals surface area contributed by atoms with Crippen LogP contribution >= 0.6 is 0 Å². The molecule has 19 heavy (non-hydrogen) atoms. The van der Waals surface area contributed by atoms with Crippen molar-refractivity contribution in [1.82, 2.24) is 10.2 Å². The van der Waals surface area contributed by atoms with Crippen LogP contribution in [0.3, 0.4) is 0 Å². The molecule has 0 radical (unpaired) electrons. The second-order valence-corrected chi connectivity index (χ2v) is 4.22. The monoisotopic (exact) mass is 272 g/mol. The van der Waals surface area contributed by atoms with E-state index < -0.39 is 23.7 Å². The lowest BCUT2D eigenvalue weighted by Gasteiger charge is -2.23. The Bertz CT molecular complexity index is 441. The standard InChI is InChI=1S/C13H18F2N2O2/c1-3-12(16-13(19)17(2)6-7-18)10-8-9(14)4-5-11(10)15/h4-5,8,12,18H,3,6-7H2,1-2H3,(H,16,19). The third kappa shape index (κ3) is 4.17. The fourth-order valence-corrected chi connectivity index (χ4v) is 1.69. The number of likely N-dealkylation sites (N-methyl/N-ethyl adjacent to an activating group) is 1. The normalized spacial score (nSPS) is 12.1. The molecule has 1 aromatic rings. The first-order chi connectivity index (χ1) is 8.99. The molecule has 1 aromatic carbocycles. The van der Waals surface area contributed by atoms with Crippen molar-refractivity contribution in [3.8, 4) is 0 Å². The van der Waals surface area contributed by atoms with Crippen LogP contribution in [0.1, 0.15) is 24.9 Å². The summed E-state index contributed by atoms with van der Waals surface area (Å²) in [6, 6.07) is 2.10. The van der Waals surface area contributed by atoms with Gasteiger partial charge in [-0.1, -0.05) is 6.92 Å². The number of benzene rings is 1. The van der Waals surface area contributed by atoms with Gasteiger partial charge in [0.25, 0.3) is 0 Å². The number of nitrogens with zero attached hydrogens (tertiary/aromatic N) is 1. The molecule has 0 aliphatic carbocycles. The number of hydrogen-bond donors (Lipinski definition) is 2. The average molecular weight is 272 g/mol. The Morgan fingerprint density at radius 2 is 2.16 bits per heavy atom. The first-order valence-electron chi connectivity index (χ1n) is 6.07. The number of carbonyl (C=O) groups excluding carboxylic acids is 1. The lowest BCUT2D eigenvalue weighted by atomic mass is 10.0. The van der Waals surface area contributed by atoms with Gasteiger partial charge in [-0.05, 0) is 24.6 Å². The van der Waals surface area contributed by atoms with E-state index in [0.29, 0.717) is 6.42 Å². The summed E-state index contributed by atoms with van der Waals surface area (Å²) < 4.78 is 26.8. The maximum Gasteiger partial charge on any atom is 0.317 e. The molecule has 0 bridgehead atoms. The highest BCUT2D eigenvalue weighted by Gasteiger charge is 2.19. The SMILES string of the molecule is CCC(NC(=O)N(C)CCO)c1cc(F)ccc1F. The summed E-state index contributed by atoms with van der Waals surface area (Å²) in [5, 5.41) is 11.3. The van der Waals surface area contributed by atoms with E-state index in [4.69, 9.17) is 5.11 Å². The van der Waals surface area contributed by atoms with Crippen LogP contribution in [0.5, 0.6) is 0 Å². The third-order valence-electron chi connectivity index (χ3n) is 2.82. The summed E-state index contributed by atoms with van der Waals surface area (Å²) in [4.78, 5) is 13.0. The fraction of sp³-hybridized carbons (Fsp3) is 0.462. The molecular formula is C13H18F2N2O2. The van der Waals surface area contributed by atoms with Crippen LogP contribution < -0.4 is 5.32 Å². The lowest BCUT2D eigenvalue weighted by Crippen LogP contribution is -2.40. The summed E-state index contributed by atoms with van der Waals surface area (Å²) in [6.45, 7) is 1.78. The second-order valence-electron chi connectivity index (χ2n) is 4.22. The number of hydrogen-bond acceptors (Lipinski definition) is 2. The maximum absolute atomic E-state index is 13.6. The first kappa shape index (κ1) is 15.4. The van der Waals surface area contributed by atoms with E-state index in [0.717, 1.165) is 18.2 Å². The molecule has 2 amide bonds. The number of rotatable bonds is 5. The molecule has 0 aromatic heterocycles. The van der Waals surface area contributed by atoms with Crippen molar-refractivity contribution in [3.05, 3.63) is 35.4 Å². The molecule has 2 N–H and O–H groups in total. The van der Waals surface area contributed by atoms with Gasteiger partial charge in [-0.15, -0.1) is 0 Å². The van der Waals surface area contributed by atoms with Crippen LogP contribution in [0.15, 0.2) is 18.2 Å². The molecule has 1 rings (SSSR count). The first-order valence-corrected chi connectivity index (χ1v) is 6.07. The Morgan fingerprint density at radius 1 is 1.47 bits per heavy atom. The van der Waals surface area contributed by atoms with Crippen LogP contribution in [0.2, 0.25) is 0 Å².